The average Bonchev–Trinajstić information content (AvgIpc) is 2.86. The maximum absolute atomic E-state index is 12.8. The van der Waals surface area contributed by atoms with Crippen molar-refractivity contribution in [2.75, 3.05) is 6.54 Å². The lowest BCUT2D eigenvalue weighted by Crippen LogP contribution is -2.38. The molecule has 0 N–H and O–H groups in total. The molecular formula is C19H22N4O2. The highest BCUT2D eigenvalue weighted by Gasteiger charge is 2.30. The van der Waals surface area contributed by atoms with Crippen LogP contribution in [-0.2, 0) is 11.8 Å². The van der Waals surface area contributed by atoms with Crippen LogP contribution in [0.15, 0.2) is 24.3 Å². The first-order chi connectivity index (χ1) is 11.8. The number of Topliss-reactive ketones (excluding diaryl/α,β-unsaturated/α-hetero) is 1. The SMILES string of the molecule is CCN(C(=O)C(=O)c1c(C)nn(C)c1C)C(C)c1ccc(C#N)cc1. The van der Waals surface area contributed by atoms with Gasteiger partial charge in [-0.25, -0.2) is 0 Å². The number of benzene rings is 1. The van der Waals surface area contributed by atoms with Crippen molar-refractivity contribution in [2.45, 2.75) is 33.7 Å². The fourth-order valence-corrected chi connectivity index (χ4v) is 2.95. The molecule has 6 nitrogen and oxygen atoms in total. The van der Waals surface area contributed by atoms with Crippen LogP contribution in [0.3, 0.4) is 0 Å². The van der Waals surface area contributed by atoms with E-state index in [2.05, 4.69) is 11.2 Å². The fourth-order valence-electron chi connectivity index (χ4n) is 2.95. The number of carbonyl (C=O) groups excluding carboxylic acids is 2. The highest BCUT2D eigenvalue weighted by molar-refractivity contribution is 6.43. The summed E-state index contributed by atoms with van der Waals surface area (Å²) in [6, 6.07) is 8.84. The summed E-state index contributed by atoms with van der Waals surface area (Å²) in [4.78, 5) is 27.1. The number of hydrogen-bond donors (Lipinski definition) is 0. The Morgan fingerprint density at radius 1 is 1.28 bits per heavy atom. The average molecular weight is 338 g/mol. The molecule has 130 valence electrons. The number of hydrogen-bond acceptors (Lipinski definition) is 4. The maximum atomic E-state index is 12.8. The Bertz CT molecular complexity index is 844. The molecular weight excluding hydrogens is 316 g/mol. The molecule has 1 amide bonds. The molecule has 2 aromatic rings. The molecule has 1 atom stereocenters. The van der Waals surface area contributed by atoms with E-state index < -0.39 is 11.7 Å². The number of nitriles is 1. The summed E-state index contributed by atoms with van der Waals surface area (Å²) in [6.45, 7) is 7.63. The predicted octanol–water partition coefficient (Wildman–Crippen LogP) is 2.70. The highest BCUT2D eigenvalue weighted by Crippen LogP contribution is 2.23. The standard InChI is InChI=1S/C19H22N4O2/c1-6-23(13(3)16-9-7-15(11-20)8-10-16)19(25)18(24)17-12(2)21-22(5)14(17)4/h7-10,13H,6H2,1-5H3. The summed E-state index contributed by atoms with van der Waals surface area (Å²) in [6.07, 6.45) is 0. The molecule has 0 fully saturated rings. The van der Waals surface area contributed by atoms with Crippen molar-refractivity contribution in [3.8, 4) is 6.07 Å². The van der Waals surface area contributed by atoms with Crippen LogP contribution in [0.25, 0.3) is 0 Å². The number of ketones is 1. The van der Waals surface area contributed by atoms with E-state index in [0.717, 1.165) is 5.56 Å². The Balaban J connectivity index is 2.30. The molecule has 0 bridgehead atoms. The number of nitrogens with zero attached hydrogens (tertiary/aromatic N) is 4. The molecule has 25 heavy (non-hydrogen) atoms. The van der Waals surface area contributed by atoms with Gasteiger partial charge in [-0.3, -0.25) is 14.3 Å². The van der Waals surface area contributed by atoms with Gasteiger partial charge in [0.05, 0.1) is 28.9 Å². The van der Waals surface area contributed by atoms with Gasteiger partial charge >= 0.3 is 0 Å². The van der Waals surface area contributed by atoms with E-state index in [-0.39, 0.29) is 6.04 Å². The molecule has 1 unspecified atom stereocenters. The summed E-state index contributed by atoms with van der Waals surface area (Å²) in [5, 5.41) is 13.1. The Labute approximate surface area is 147 Å². The zero-order chi connectivity index (χ0) is 18.7. The van der Waals surface area contributed by atoms with Crippen LogP contribution in [0.4, 0.5) is 0 Å². The Kier molecular flexibility index (Phi) is 5.38. The molecule has 1 heterocycles. The summed E-state index contributed by atoms with van der Waals surface area (Å²) in [5.41, 5.74) is 3.04. The van der Waals surface area contributed by atoms with Gasteiger partial charge in [-0.1, -0.05) is 12.1 Å². The number of aryl methyl sites for hydroxylation is 2. The van der Waals surface area contributed by atoms with Gasteiger partial charge in [0.2, 0.25) is 0 Å². The molecule has 0 radical (unpaired) electrons. The molecule has 1 aromatic heterocycles. The van der Waals surface area contributed by atoms with Crippen LogP contribution < -0.4 is 0 Å². The summed E-state index contributed by atoms with van der Waals surface area (Å²) >= 11 is 0. The molecule has 2 rings (SSSR count). The van der Waals surface area contributed by atoms with Crippen LogP contribution in [-0.4, -0.2) is 32.9 Å². The molecule has 0 saturated carbocycles. The zero-order valence-corrected chi connectivity index (χ0v) is 15.2. The summed E-state index contributed by atoms with van der Waals surface area (Å²) in [5.74, 6) is -1.08. The normalized spacial score (nSPS) is 11.7. The lowest BCUT2D eigenvalue weighted by atomic mass is 10.0. The van der Waals surface area contributed by atoms with Gasteiger partial charge in [0.1, 0.15) is 0 Å². The van der Waals surface area contributed by atoms with Crippen LogP contribution in [0.5, 0.6) is 0 Å². The van der Waals surface area contributed by atoms with E-state index in [9.17, 15) is 9.59 Å². The molecule has 6 heteroatoms. The van der Waals surface area contributed by atoms with E-state index in [4.69, 9.17) is 5.26 Å². The number of aromatic nitrogens is 2. The zero-order valence-electron chi connectivity index (χ0n) is 15.2. The van der Waals surface area contributed by atoms with Gasteiger partial charge in [0.25, 0.3) is 11.7 Å². The minimum Gasteiger partial charge on any atom is -0.329 e. The largest absolute Gasteiger partial charge is 0.329 e. The number of carbonyl (C=O) groups is 2. The molecule has 1 aromatic carbocycles. The molecule has 0 aliphatic heterocycles. The third-order valence-electron chi connectivity index (χ3n) is 4.52. The van der Waals surface area contributed by atoms with Gasteiger partial charge in [0.15, 0.2) is 0 Å². The Hall–Kier alpha value is -2.94. The molecule has 0 spiro atoms. The first-order valence-corrected chi connectivity index (χ1v) is 8.17. The molecule has 0 aliphatic carbocycles. The third-order valence-corrected chi connectivity index (χ3v) is 4.52. The van der Waals surface area contributed by atoms with Gasteiger partial charge in [0, 0.05) is 19.3 Å². The van der Waals surface area contributed by atoms with E-state index in [1.165, 1.54) is 4.90 Å². The van der Waals surface area contributed by atoms with Gasteiger partial charge < -0.3 is 4.90 Å². The van der Waals surface area contributed by atoms with Gasteiger partial charge in [-0.05, 0) is 45.4 Å². The fraction of sp³-hybridized carbons (Fsp3) is 0.368. The topological polar surface area (TPSA) is 79.0 Å². The van der Waals surface area contributed by atoms with Crippen LogP contribution >= 0.6 is 0 Å². The lowest BCUT2D eigenvalue weighted by molar-refractivity contribution is -0.128. The number of rotatable bonds is 5. The van der Waals surface area contributed by atoms with E-state index in [0.29, 0.717) is 29.1 Å². The Morgan fingerprint density at radius 2 is 1.88 bits per heavy atom. The van der Waals surface area contributed by atoms with E-state index >= 15 is 0 Å². The van der Waals surface area contributed by atoms with Crippen molar-refractivity contribution >= 4 is 11.7 Å². The highest BCUT2D eigenvalue weighted by atomic mass is 16.2. The second-order valence-corrected chi connectivity index (χ2v) is 6.00. The van der Waals surface area contributed by atoms with Crippen molar-refractivity contribution in [1.29, 1.82) is 5.26 Å². The van der Waals surface area contributed by atoms with Crippen LogP contribution in [0.2, 0.25) is 0 Å². The summed E-state index contributed by atoms with van der Waals surface area (Å²) < 4.78 is 1.61. The van der Waals surface area contributed by atoms with Crippen molar-refractivity contribution in [2.24, 2.45) is 7.05 Å². The Morgan fingerprint density at radius 3 is 2.32 bits per heavy atom. The molecule has 0 aliphatic rings. The summed E-state index contributed by atoms with van der Waals surface area (Å²) in [7, 11) is 1.75. The first-order valence-electron chi connectivity index (χ1n) is 8.17. The lowest BCUT2D eigenvalue weighted by Gasteiger charge is -2.28. The monoisotopic (exact) mass is 338 g/mol. The van der Waals surface area contributed by atoms with Crippen LogP contribution in [0, 0.1) is 25.2 Å². The number of likely N-dealkylation sites (N-methyl/N-ethyl adjacent to an activating group) is 1. The second-order valence-electron chi connectivity index (χ2n) is 6.00. The van der Waals surface area contributed by atoms with Crippen molar-refractivity contribution in [3.05, 3.63) is 52.3 Å². The van der Waals surface area contributed by atoms with Crippen molar-refractivity contribution < 1.29 is 9.59 Å². The minimum absolute atomic E-state index is 0.272. The van der Waals surface area contributed by atoms with Crippen molar-refractivity contribution in [3.63, 3.8) is 0 Å². The first kappa shape index (κ1) is 18.4. The minimum atomic E-state index is -0.543. The smallest absolute Gasteiger partial charge is 0.295 e. The van der Waals surface area contributed by atoms with E-state index in [1.807, 2.05) is 26.0 Å². The quantitative estimate of drug-likeness (QED) is 0.620. The maximum Gasteiger partial charge on any atom is 0.295 e. The molecule has 0 saturated heterocycles. The van der Waals surface area contributed by atoms with Gasteiger partial charge in [-0.2, -0.15) is 10.4 Å². The van der Waals surface area contributed by atoms with E-state index in [1.54, 1.807) is 37.7 Å². The second kappa shape index (κ2) is 7.31. The van der Waals surface area contributed by atoms with Crippen LogP contribution in [0.1, 0.15) is 52.8 Å². The predicted molar refractivity (Wildman–Crippen MR) is 94.0 cm³/mol. The number of amides is 1. The van der Waals surface area contributed by atoms with Crippen molar-refractivity contribution in [1.82, 2.24) is 14.7 Å². The third kappa shape index (κ3) is 3.45. The van der Waals surface area contributed by atoms with Gasteiger partial charge in [-0.15, -0.1) is 0 Å².